The lowest BCUT2D eigenvalue weighted by molar-refractivity contribution is 0.122. The molecule has 7 nitrogen and oxygen atoms in total. The summed E-state index contributed by atoms with van der Waals surface area (Å²) in [7, 11) is 3.88. The standard InChI is InChI=1S/C14H19BrN6O/c1-10-13(15)21-14(17-10)11(16-9-19(2)3)8-12(18-21)20-4-6-22-7-5-20/h8-9H,4-7H2,1-3H3. The van der Waals surface area contributed by atoms with E-state index in [9.17, 15) is 0 Å². The van der Waals surface area contributed by atoms with Gasteiger partial charge in [0, 0.05) is 33.3 Å². The first-order valence-corrected chi connectivity index (χ1v) is 7.95. The molecular weight excluding hydrogens is 348 g/mol. The van der Waals surface area contributed by atoms with Crippen LogP contribution in [0.15, 0.2) is 15.7 Å². The number of imidazole rings is 1. The smallest absolute Gasteiger partial charge is 0.181 e. The second kappa shape index (κ2) is 6.21. The van der Waals surface area contributed by atoms with E-state index in [0.717, 1.165) is 53.8 Å². The highest BCUT2D eigenvalue weighted by Gasteiger charge is 2.18. The maximum atomic E-state index is 5.41. The van der Waals surface area contributed by atoms with E-state index >= 15 is 0 Å². The van der Waals surface area contributed by atoms with Gasteiger partial charge in [0.05, 0.1) is 25.2 Å². The molecule has 3 heterocycles. The maximum Gasteiger partial charge on any atom is 0.181 e. The number of morpholine rings is 1. The Kier molecular flexibility index (Phi) is 4.30. The van der Waals surface area contributed by atoms with E-state index in [0.29, 0.717) is 0 Å². The van der Waals surface area contributed by atoms with Gasteiger partial charge in [0.2, 0.25) is 0 Å². The van der Waals surface area contributed by atoms with Crippen molar-refractivity contribution in [3.63, 3.8) is 0 Å². The number of halogens is 1. The molecule has 0 aromatic carbocycles. The first kappa shape index (κ1) is 15.2. The zero-order valence-corrected chi connectivity index (χ0v) is 14.5. The zero-order valence-electron chi connectivity index (χ0n) is 13.0. The summed E-state index contributed by atoms with van der Waals surface area (Å²) in [6.45, 7) is 5.06. The van der Waals surface area contributed by atoms with Gasteiger partial charge in [-0.1, -0.05) is 0 Å². The summed E-state index contributed by atoms with van der Waals surface area (Å²) in [5.74, 6) is 0.889. The van der Waals surface area contributed by atoms with Gasteiger partial charge in [-0.15, -0.1) is 5.10 Å². The fraction of sp³-hybridized carbons (Fsp3) is 0.500. The third-order valence-corrected chi connectivity index (χ3v) is 4.33. The number of fused-ring (bicyclic) bond motifs is 1. The van der Waals surface area contributed by atoms with E-state index in [2.05, 4.69) is 30.8 Å². The number of hydrogen-bond acceptors (Lipinski definition) is 5. The predicted molar refractivity (Wildman–Crippen MR) is 90.3 cm³/mol. The lowest BCUT2D eigenvalue weighted by Crippen LogP contribution is -2.37. The molecule has 1 fully saturated rings. The molecule has 0 bridgehead atoms. The Balaban J connectivity index is 2.11. The van der Waals surface area contributed by atoms with Crippen LogP contribution >= 0.6 is 15.9 Å². The van der Waals surface area contributed by atoms with Gasteiger partial charge >= 0.3 is 0 Å². The van der Waals surface area contributed by atoms with E-state index in [-0.39, 0.29) is 0 Å². The van der Waals surface area contributed by atoms with Gasteiger partial charge in [-0.3, -0.25) is 0 Å². The first-order chi connectivity index (χ1) is 10.6. The number of aliphatic imine (C=N–C) groups is 1. The highest BCUT2D eigenvalue weighted by atomic mass is 79.9. The van der Waals surface area contributed by atoms with Crippen molar-refractivity contribution in [2.24, 2.45) is 4.99 Å². The van der Waals surface area contributed by atoms with Crippen LogP contribution in [0.4, 0.5) is 11.5 Å². The Labute approximate surface area is 137 Å². The Hall–Kier alpha value is -1.67. The minimum atomic E-state index is 0.722. The van der Waals surface area contributed by atoms with Gasteiger partial charge in [-0.25, -0.2) is 14.5 Å². The van der Waals surface area contributed by atoms with E-state index < -0.39 is 0 Å². The van der Waals surface area contributed by atoms with Gasteiger partial charge in [-0.2, -0.15) is 0 Å². The molecule has 0 saturated carbocycles. The van der Waals surface area contributed by atoms with Crippen LogP contribution in [0.2, 0.25) is 0 Å². The molecule has 3 rings (SSSR count). The summed E-state index contributed by atoms with van der Waals surface area (Å²) in [6, 6.07) is 1.99. The van der Waals surface area contributed by atoms with Crippen LogP contribution in [-0.2, 0) is 4.74 Å². The van der Waals surface area contributed by atoms with Crippen LogP contribution in [0.1, 0.15) is 5.69 Å². The van der Waals surface area contributed by atoms with Crippen molar-refractivity contribution < 1.29 is 4.74 Å². The minimum absolute atomic E-state index is 0.722. The van der Waals surface area contributed by atoms with Crippen LogP contribution in [0.25, 0.3) is 5.65 Å². The molecule has 0 spiro atoms. The summed E-state index contributed by atoms with van der Waals surface area (Å²) < 4.78 is 8.08. The maximum absolute atomic E-state index is 5.41. The number of anilines is 1. The number of nitrogens with zero attached hydrogens (tertiary/aromatic N) is 6. The van der Waals surface area contributed by atoms with E-state index in [1.807, 2.05) is 36.5 Å². The van der Waals surface area contributed by atoms with Crippen molar-refractivity contribution in [1.82, 2.24) is 19.5 Å². The average Bonchev–Trinajstić information content (AvgIpc) is 2.81. The topological polar surface area (TPSA) is 58.3 Å². The van der Waals surface area contributed by atoms with Crippen LogP contribution in [0.5, 0.6) is 0 Å². The molecule has 2 aromatic rings. The number of ether oxygens (including phenoxy) is 1. The number of rotatable bonds is 3. The molecule has 0 aliphatic carbocycles. The summed E-state index contributed by atoms with van der Waals surface area (Å²) in [5, 5.41) is 4.70. The van der Waals surface area contributed by atoms with Crippen molar-refractivity contribution in [2.45, 2.75) is 6.92 Å². The third-order valence-electron chi connectivity index (χ3n) is 3.42. The number of aryl methyl sites for hydroxylation is 1. The molecule has 22 heavy (non-hydrogen) atoms. The Morgan fingerprint density at radius 1 is 1.36 bits per heavy atom. The van der Waals surface area contributed by atoms with Crippen molar-refractivity contribution >= 4 is 39.4 Å². The van der Waals surface area contributed by atoms with Crippen molar-refractivity contribution in [3.8, 4) is 0 Å². The SMILES string of the molecule is Cc1nc2c(N=CN(C)C)cc(N3CCOCC3)nn2c1Br. The molecule has 0 atom stereocenters. The van der Waals surface area contributed by atoms with Crippen molar-refractivity contribution in [2.75, 3.05) is 45.3 Å². The molecule has 0 radical (unpaired) electrons. The lowest BCUT2D eigenvalue weighted by atomic mass is 10.3. The summed E-state index contributed by atoms with van der Waals surface area (Å²) in [4.78, 5) is 13.2. The van der Waals surface area contributed by atoms with Crippen molar-refractivity contribution in [3.05, 3.63) is 16.4 Å². The van der Waals surface area contributed by atoms with Gasteiger partial charge in [0.25, 0.3) is 0 Å². The molecule has 2 aromatic heterocycles. The average molecular weight is 367 g/mol. The van der Waals surface area contributed by atoms with Crippen LogP contribution in [0.3, 0.4) is 0 Å². The fourth-order valence-electron chi connectivity index (χ4n) is 2.29. The Morgan fingerprint density at radius 2 is 2.09 bits per heavy atom. The summed E-state index contributed by atoms with van der Waals surface area (Å²) in [6.07, 6.45) is 1.77. The fourth-order valence-corrected chi connectivity index (χ4v) is 2.63. The van der Waals surface area contributed by atoms with E-state index in [1.165, 1.54) is 0 Å². The van der Waals surface area contributed by atoms with Gasteiger partial charge in [-0.05, 0) is 22.9 Å². The molecule has 0 unspecified atom stereocenters. The highest BCUT2D eigenvalue weighted by molar-refractivity contribution is 9.10. The quantitative estimate of drug-likeness (QED) is 0.612. The van der Waals surface area contributed by atoms with Gasteiger partial charge < -0.3 is 14.5 Å². The molecule has 0 N–H and O–H groups in total. The van der Waals surface area contributed by atoms with Crippen molar-refractivity contribution in [1.29, 1.82) is 0 Å². The minimum Gasteiger partial charge on any atom is -0.378 e. The predicted octanol–water partition coefficient (Wildman–Crippen LogP) is 1.86. The van der Waals surface area contributed by atoms with E-state index in [1.54, 1.807) is 6.34 Å². The largest absolute Gasteiger partial charge is 0.378 e. The van der Waals surface area contributed by atoms with Crippen LogP contribution in [-0.4, -0.2) is 66.2 Å². The van der Waals surface area contributed by atoms with Gasteiger partial charge in [0.1, 0.15) is 10.3 Å². The highest BCUT2D eigenvalue weighted by Crippen LogP contribution is 2.28. The Morgan fingerprint density at radius 3 is 2.77 bits per heavy atom. The molecule has 1 aliphatic rings. The second-order valence-corrected chi connectivity index (χ2v) is 6.17. The molecule has 8 heteroatoms. The zero-order chi connectivity index (χ0) is 15.7. The monoisotopic (exact) mass is 366 g/mol. The van der Waals surface area contributed by atoms with Crippen LogP contribution in [0, 0.1) is 6.92 Å². The summed E-state index contributed by atoms with van der Waals surface area (Å²) in [5.41, 5.74) is 2.45. The first-order valence-electron chi connectivity index (χ1n) is 7.15. The molecule has 1 saturated heterocycles. The Bertz CT molecular complexity index is 705. The lowest BCUT2D eigenvalue weighted by Gasteiger charge is -2.27. The van der Waals surface area contributed by atoms with E-state index in [4.69, 9.17) is 9.84 Å². The number of aromatic nitrogens is 3. The second-order valence-electron chi connectivity index (χ2n) is 5.42. The summed E-state index contributed by atoms with van der Waals surface area (Å²) >= 11 is 3.56. The molecule has 1 aliphatic heterocycles. The number of hydrogen-bond donors (Lipinski definition) is 0. The third kappa shape index (κ3) is 2.93. The molecule has 118 valence electrons. The molecule has 0 amide bonds. The van der Waals surface area contributed by atoms with Gasteiger partial charge in [0.15, 0.2) is 11.5 Å². The molecular formula is C14H19BrN6O. The van der Waals surface area contributed by atoms with Crippen LogP contribution < -0.4 is 4.90 Å². The normalized spacial score (nSPS) is 15.9.